The van der Waals surface area contributed by atoms with Gasteiger partial charge >= 0.3 is 0 Å². The molecule has 0 unspecified atom stereocenters. The summed E-state index contributed by atoms with van der Waals surface area (Å²) < 4.78 is 0. The summed E-state index contributed by atoms with van der Waals surface area (Å²) in [5.74, 6) is 3.15. The van der Waals surface area contributed by atoms with E-state index in [4.69, 9.17) is 0 Å². The Morgan fingerprint density at radius 3 is 1.93 bits per heavy atom. The summed E-state index contributed by atoms with van der Waals surface area (Å²) in [4.78, 5) is 0. The summed E-state index contributed by atoms with van der Waals surface area (Å²) in [6.45, 7) is 1.33. The smallest absolute Gasteiger partial charge is 0.0124 e. The molecule has 0 aromatic carbocycles. The van der Waals surface area contributed by atoms with Crippen molar-refractivity contribution in [3.63, 3.8) is 0 Å². The molecular formula is C14H25N. The van der Waals surface area contributed by atoms with Gasteiger partial charge in [0.15, 0.2) is 0 Å². The van der Waals surface area contributed by atoms with Crippen LogP contribution in [0, 0.1) is 17.8 Å². The molecule has 0 saturated heterocycles. The average Bonchev–Trinajstić information content (AvgIpc) is 3.14. The number of hydrogen-bond donors (Lipinski definition) is 1. The lowest BCUT2D eigenvalue weighted by atomic mass is 9.89. The van der Waals surface area contributed by atoms with Gasteiger partial charge in [0.25, 0.3) is 0 Å². The molecule has 1 N–H and O–H groups in total. The van der Waals surface area contributed by atoms with Gasteiger partial charge in [-0.05, 0) is 62.8 Å². The lowest BCUT2D eigenvalue weighted by molar-refractivity contribution is 0.308. The molecule has 3 saturated carbocycles. The van der Waals surface area contributed by atoms with Gasteiger partial charge in [-0.15, -0.1) is 0 Å². The predicted octanol–water partition coefficient (Wildman–Crippen LogP) is 3.34. The summed E-state index contributed by atoms with van der Waals surface area (Å²) in [5, 5.41) is 3.91. The Hall–Kier alpha value is -0.0400. The summed E-state index contributed by atoms with van der Waals surface area (Å²) in [6, 6.07) is 0.923. The molecule has 0 bridgehead atoms. The van der Waals surface area contributed by atoms with Crippen LogP contribution in [0.1, 0.15) is 57.8 Å². The Morgan fingerprint density at radius 2 is 1.40 bits per heavy atom. The molecule has 0 heterocycles. The standard InChI is InChI=1S/C14H25N/c1-2-4-11(5-3-1)10-15-14(12-6-7-12)13-8-9-13/h11-15H,1-10H2. The lowest BCUT2D eigenvalue weighted by Crippen LogP contribution is -2.37. The second kappa shape index (κ2) is 4.45. The van der Waals surface area contributed by atoms with Gasteiger partial charge in [0.1, 0.15) is 0 Å². The van der Waals surface area contributed by atoms with E-state index in [0.717, 1.165) is 23.8 Å². The molecule has 15 heavy (non-hydrogen) atoms. The van der Waals surface area contributed by atoms with E-state index in [-0.39, 0.29) is 0 Å². The molecule has 0 aliphatic heterocycles. The van der Waals surface area contributed by atoms with Gasteiger partial charge in [-0.2, -0.15) is 0 Å². The molecule has 3 aliphatic rings. The molecule has 3 rings (SSSR count). The van der Waals surface area contributed by atoms with Gasteiger partial charge in [0.05, 0.1) is 0 Å². The molecule has 0 atom stereocenters. The second-order valence-corrected chi connectivity index (χ2v) is 6.11. The molecule has 0 spiro atoms. The highest BCUT2D eigenvalue weighted by Crippen LogP contribution is 2.44. The summed E-state index contributed by atoms with van der Waals surface area (Å²) in [5.41, 5.74) is 0. The van der Waals surface area contributed by atoms with E-state index in [1.165, 1.54) is 64.3 Å². The van der Waals surface area contributed by atoms with E-state index >= 15 is 0 Å². The predicted molar refractivity (Wildman–Crippen MR) is 63.8 cm³/mol. The van der Waals surface area contributed by atoms with Crippen molar-refractivity contribution in [3.8, 4) is 0 Å². The Labute approximate surface area is 94.0 Å². The SMILES string of the molecule is C1CCC(CNC(C2CC2)C2CC2)CC1. The van der Waals surface area contributed by atoms with Gasteiger partial charge < -0.3 is 5.32 Å². The first-order chi connectivity index (χ1) is 7.43. The highest BCUT2D eigenvalue weighted by molar-refractivity contribution is 4.96. The van der Waals surface area contributed by atoms with E-state index < -0.39 is 0 Å². The molecule has 3 fully saturated rings. The van der Waals surface area contributed by atoms with Crippen molar-refractivity contribution in [2.75, 3.05) is 6.54 Å². The number of hydrogen-bond acceptors (Lipinski definition) is 1. The molecule has 86 valence electrons. The maximum absolute atomic E-state index is 3.91. The van der Waals surface area contributed by atoms with Crippen molar-refractivity contribution < 1.29 is 0 Å². The third kappa shape index (κ3) is 2.75. The van der Waals surface area contributed by atoms with E-state index in [2.05, 4.69) is 5.32 Å². The fourth-order valence-corrected chi connectivity index (χ4v) is 3.32. The minimum Gasteiger partial charge on any atom is -0.313 e. The van der Waals surface area contributed by atoms with Crippen LogP contribution in [0.25, 0.3) is 0 Å². The molecule has 0 aromatic heterocycles. The van der Waals surface area contributed by atoms with E-state index in [0.29, 0.717) is 0 Å². The van der Waals surface area contributed by atoms with Crippen LogP contribution in [0.4, 0.5) is 0 Å². The van der Waals surface area contributed by atoms with Gasteiger partial charge in [-0.3, -0.25) is 0 Å². The highest BCUT2D eigenvalue weighted by Gasteiger charge is 2.41. The van der Waals surface area contributed by atoms with E-state index in [1.807, 2.05) is 0 Å². The van der Waals surface area contributed by atoms with Crippen molar-refractivity contribution >= 4 is 0 Å². The first kappa shape index (κ1) is 10.1. The van der Waals surface area contributed by atoms with Crippen LogP contribution < -0.4 is 5.32 Å². The van der Waals surface area contributed by atoms with Crippen LogP contribution in [0.3, 0.4) is 0 Å². The Balaban J connectivity index is 1.42. The van der Waals surface area contributed by atoms with Crippen LogP contribution in [-0.4, -0.2) is 12.6 Å². The maximum atomic E-state index is 3.91. The maximum Gasteiger partial charge on any atom is 0.0124 e. The molecular weight excluding hydrogens is 182 g/mol. The fourth-order valence-electron chi connectivity index (χ4n) is 3.32. The largest absolute Gasteiger partial charge is 0.313 e. The Kier molecular flexibility index (Phi) is 3.01. The average molecular weight is 207 g/mol. The number of rotatable bonds is 5. The molecule has 1 heteroatoms. The summed E-state index contributed by atoms with van der Waals surface area (Å²) >= 11 is 0. The molecule has 0 radical (unpaired) electrons. The second-order valence-electron chi connectivity index (χ2n) is 6.11. The zero-order valence-electron chi connectivity index (χ0n) is 9.88. The van der Waals surface area contributed by atoms with Crippen molar-refractivity contribution in [3.05, 3.63) is 0 Å². The van der Waals surface area contributed by atoms with E-state index in [9.17, 15) is 0 Å². The monoisotopic (exact) mass is 207 g/mol. The molecule has 3 aliphatic carbocycles. The molecule has 1 nitrogen and oxygen atoms in total. The zero-order valence-corrected chi connectivity index (χ0v) is 9.88. The third-order valence-electron chi connectivity index (χ3n) is 4.63. The van der Waals surface area contributed by atoms with E-state index in [1.54, 1.807) is 0 Å². The minimum absolute atomic E-state index is 0.923. The topological polar surface area (TPSA) is 12.0 Å². The van der Waals surface area contributed by atoms with Crippen LogP contribution in [0.15, 0.2) is 0 Å². The minimum atomic E-state index is 0.923. The quantitative estimate of drug-likeness (QED) is 0.729. The van der Waals surface area contributed by atoms with Crippen molar-refractivity contribution in [1.82, 2.24) is 5.32 Å². The lowest BCUT2D eigenvalue weighted by Gasteiger charge is -2.25. The number of nitrogens with one attached hydrogen (secondary N) is 1. The summed E-state index contributed by atoms with van der Waals surface area (Å²) in [6.07, 6.45) is 13.5. The third-order valence-corrected chi connectivity index (χ3v) is 4.63. The first-order valence-corrected chi connectivity index (χ1v) is 7.17. The van der Waals surface area contributed by atoms with Crippen LogP contribution in [0.5, 0.6) is 0 Å². The van der Waals surface area contributed by atoms with Crippen molar-refractivity contribution in [2.45, 2.75) is 63.8 Å². The highest BCUT2D eigenvalue weighted by atomic mass is 14.9. The van der Waals surface area contributed by atoms with Crippen molar-refractivity contribution in [1.29, 1.82) is 0 Å². The first-order valence-electron chi connectivity index (χ1n) is 7.17. The van der Waals surface area contributed by atoms with Crippen molar-refractivity contribution in [2.24, 2.45) is 17.8 Å². The van der Waals surface area contributed by atoms with Crippen LogP contribution >= 0.6 is 0 Å². The Bertz CT molecular complexity index is 187. The van der Waals surface area contributed by atoms with Gasteiger partial charge in [0, 0.05) is 6.04 Å². The van der Waals surface area contributed by atoms with Gasteiger partial charge in [-0.1, -0.05) is 19.3 Å². The molecule has 0 aromatic rings. The molecule has 0 amide bonds. The zero-order chi connectivity index (χ0) is 10.1. The summed E-state index contributed by atoms with van der Waals surface area (Å²) in [7, 11) is 0. The fraction of sp³-hybridized carbons (Fsp3) is 1.00. The normalized spacial score (nSPS) is 28.6. The van der Waals surface area contributed by atoms with Gasteiger partial charge in [0.2, 0.25) is 0 Å². The van der Waals surface area contributed by atoms with Gasteiger partial charge in [-0.25, -0.2) is 0 Å². The Morgan fingerprint density at radius 1 is 0.800 bits per heavy atom. The van der Waals surface area contributed by atoms with Crippen LogP contribution in [-0.2, 0) is 0 Å². The van der Waals surface area contributed by atoms with Crippen LogP contribution in [0.2, 0.25) is 0 Å².